The van der Waals surface area contributed by atoms with Gasteiger partial charge >= 0.3 is 5.97 Å². The molecule has 1 aliphatic rings. The predicted molar refractivity (Wildman–Crippen MR) is 121 cm³/mol. The van der Waals surface area contributed by atoms with Gasteiger partial charge in [0.05, 0.1) is 12.0 Å². The predicted octanol–water partition coefficient (Wildman–Crippen LogP) is 2.93. The minimum Gasteiger partial charge on any atom is -0.497 e. The zero-order valence-electron chi connectivity index (χ0n) is 18.6. The van der Waals surface area contributed by atoms with Crippen LogP contribution in [0.2, 0.25) is 0 Å². The Morgan fingerprint density at radius 3 is 2.42 bits per heavy atom. The molecule has 0 spiro atoms. The largest absolute Gasteiger partial charge is 0.497 e. The van der Waals surface area contributed by atoms with Gasteiger partial charge in [-0.2, -0.15) is 0 Å². The molecule has 3 rings (SSSR count). The van der Waals surface area contributed by atoms with Gasteiger partial charge in [-0.1, -0.05) is 6.42 Å². The highest BCUT2D eigenvalue weighted by atomic mass is 32.2. The zero-order chi connectivity index (χ0) is 23.5. The molecule has 0 amide bonds. The van der Waals surface area contributed by atoms with E-state index in [9.17, 15) is 13.2 Å². The Balaban J connectivity index is 1.25. The Morgan fingerprint density at radius 2 is 1.67 bits per heavy atom. The lowest BCUT2D eigenvalue weighted by atomic mass is 10.2. The van der Waals surface area contributed by atoms with Crippen LogP contribution in [0.25, 0.3) is 0 Å². The quantitative estimate of drug-likeness (QED) is 0.345. The molecule has 0 aliphatic carbocycles. The Kier molecular flexibility index (Phi) is 9.20. The fraction of sp³-hybridized carbons (Fsp3) is 0.435. The molecule has 2 aromatic rings. The van der Waals surface area contributed by atoms with E-state index >= 15 is 0 Å². The topological polar surface area (TPSA) is 109 Å². The number of carbonyl (C=O) groups is 1. The van der Waals surface area contributed by atoms with Crippen molar-refractivity contribution >= 4 is 16.0 Å². The number of esters is 1. The summed E-state index contributed by atoms with van der Waals surface area (Å²) in [7, 11) is -2.04. The summed E-state index contributed by atoms with van der Waals surface area (Å²) >= 11 is 0. The first-order valence-corrected chi connectivity index (χ1v) is 12.3. The standard InChI is InChI=1S/C23H29NO8S/c1-28-18-6-8-19(9-7-18)29-13-16-32-23(25)5-3-2-4-12-24-33(26,27)20-10-11-21-22(17-20)31-15-14-30-21/h6-11,17,24H,2-5,12-16H2,1H3. The summed E-state index contributed by atoms with van der Waals surface area (Å²) in [4.78, 5) is 11.9. The van der Waals surface area contributed by atoms with E-state index in [1.807, 2.05) is 0 Å². The highest BCUT2D eigenvalue weighted by Crippen LogP contribution is 2.32. The summed E-state index contributed by atoms with van der Waals surface area (Å²) in [6.07, 6.45) is 2.19. The Hall–Kier alpha value is -2.98. The lowest BCUT2D eigenvalue weighted by Gasteiger charge is -2.18. The molecule has 0 saturated carbocycles. The second-order valence-corrected chi connectivity index (χ2v) is 9.03. The summed E-state index contributed by atoms with van der Waals surface area (Å²) in [6, 6.07) is 11.7. The maximum absolute atomic E-state index is 12.4. The molecule has 1 heterocycles. The number of fused-ring (bicyclic) bond motifs is 1. The van der Waals surface area contributed by atoms with Gasteiger partial charge in [-0.25, -0.2) is 13.1 Å². The molecule has 0 atom stereocenters. The normalized spacial score (nSPS) is 12.8. The molecular formula is C23H29NO8S. The van der Waals surface area contributed by atoms with Crippen molar-refractivity contribution in [3.63, 3.8) is 0 Å². The third-order valence-corrected chi connectivity index (χ3v) is 6.31. The number of rotatable bonds is 13. The van der Waals surface area contributed by atoms with E-state index in [0.717, 1.165) is 5.75 Å². The van der Waals surface area contributed by atoms with Gasteiger partial charge in [0.1, 0.15) is 37.9 Å². The number of unbranched alkanes of at least 4 members (excludes halogenated alkanes) is 2. The molecule has 0 unspecified atom stereocenters. The van der Waals surface area contributed by atoms with Gasteiger partial charge in [-0.05, 0) is 49.2 Å². The monoisotopic (exact) mass is 479 g/mol. The van der Waals surface area contributed by atoms with Crippen LogP contribution < -0.4 is 23.7 Å². The van der Waals surface area contributed by atoms with Crippen molar-refractivity contribution in [3.05, 3.63) is 42.5 Å². The number of hydrogen-bond acceptors (Lipinski definition) is 8. The van der Waals surface area contributed by atoms with Gasteiger partial charge in [-0.3, -0.25) is 4.79 Å². The van der Waals surface area contributed by atoms with E-state index in [4.69, 9.17) is 23.7 Å². The number of carbonyl (C=O) groups excluding carboxylic acids is 1. The SMILES string of the molecule is COc1ccc(OCCOC(=O)CCCCCNS(=O)(=O)c2ccc3c(c2)OCCO3)cc1. The van der Waals surface area contributed by atoms with Gasteiger partial charge < -0.3 is 23.7 Å². The van der Waals surface area contributed by atoms with E-state index in [0.29, 0.717) is 49.7 Å². The van der Waals surface area contributed by atoms with Crippen molar-refractivity contribution < 1.29 is 36.9 Å². The maximum Gasteiger partial charge on any atom is 0.305 e. The number of hydrogen-bond donors (Lipinski definition) is 1. The van der Waals surface area contributed by atoms with Crippen LogP contribution in [0.3, 0.4) is 0 Å². The molecule has 10 heteroatoms. The fourth-order valence-electron chi connectivity index (χ4n) is 3.11. The van der Waals surface area contributed by atoms with Crippen LogP contribution in [-0.2, 0) is 19.6 Å². The molecular weight excluding hydrogens is 450 g/mol. The Morgan fingerprint density at radius 1 is 0.939 bits per heavy atom. The van der Waals surface area contributed by atoms with Gasteiger partial charge in [0.15, 0.2) is 11.5 Å². The molecule has 180 valence electrons. The van der Waals surface area contributed by atoms with Gasteiger partial charge in [0.2, 0.25) is 10.0 Å². The summed E-state index contributed by atoms with van der Waals surface area (Å²) < 4.78 is 54.0. The molecule has 1 aliphatic heterocycles. The van der Waals surface area contributed by atoms with Crippen molar-refractivity contribution in [2.75, 3.05) is 40.1 Å². The minimum absolute atomic E-state index is 0.132. The van der Waals surface area contributed by atoms with Crippen molar-refractivity contribution in [1.82, 2.24) is 4.72 Å². The molecule has 0 saturated heterocycles. The average Bonchev–Trinajstić information content (AvgIpc) is 2.84. The number of nitrogens with one attached hydrogen (secondary N) is 1. The highest BCUT2D eigenvalue weighted by Gasteiger charge is 2.18. The summed E-state index contributed by atoms with van der Waals surface area (Å²) in [5.74, 6) is 2.08. The van der Waals surface area contributed by atoms with Crippen molar-refractivity contribution in [2.24, 2.45) is 0 Å². The van der Waals surface area contributed by atoms with E-state index < -0.39 is 10.0 Å². The van der Waals surface area contributed by atoms with Crippen molar-refractivity contribution in [2.45, 2.75) is 30.6 Å². The molecule has 0 fully saturated rings. The summed E-state index contributed by atoms with van der Waals surface area (Å²) in [6.45, 7) is 1.55. The van der Waals surface area contributed by atoms with E-state index in [1.165, 1.54) is 12.1 Å². The Bertz CT molecular complexity index is 1010. The van der Waals surface area contributed by atoms with Crippen LogP contribution in [-0.4, -0.2) is 54.5 Å². The summed E-state index contributed by atoms with van der Waals surface area (Å²) in [5.41, 5.74) is 0. The zero-order valence-corrected chi connectivity index (χ0v) is 19.4. The van der Waals surface area contributed by atoms with Gasteiger partial charge in [0.25, 0.3) is 0 Å². The second kappa shape index (κ2) is 12.3. The molecule has 9 nitrogen and oxygen atoms in total. The lowest BCUT2D eigenvalue weighted by molar-refractivity contribution is -0.144. The van der Waals surface area contributed by atoms with Crippen LogP contribution in [0.5, 0.6) is 23.0 Å². The molecule has 0 aromatic heterocycles. The molecule has 0 bridgehead atoms. The first-order chi connectivity index (χ1) is 16.0. The van der Waals surface area contributed by atoms with Crippen molar-refractivity contribution in [1.29, 1.82) is 0 Å². The first kappa shape index (κ1) is 24.7. The Labute approximate surface area is 194 Å². The van der Waals surface area contributed by atoms with Crippen LogP contribution in [0.15, 0.2) is 47.4 Å². The van der Waals surface area contributed by atoms with Gasteiger partial charge in [0, 0.05) is 19.0 Å². The van der Waals surface area contributed by atoms with Crippen LogP contribution >= 0.6 is 0 Å². The number of methoxy groups -OCH3 is 1. The maximum atomic E-state index is 12.4. The second-order valence-electron chi connectivity index (χ2n) is 7.26. The third-order valence-electron chi connectivity index (χ3n) is 4.85. The number of benzene rings is 2. The van der Waals surface area contributed by atoms with Crippen LogP contribution in [0, 0.1) is 0 Å². The minimum atomic E-state index is -3.64. The van der Waals surface area contributed by atoms with Gasteiger partial charge in [-0.15, -0.1) is 0 Å². The fourth-order valence-corrected chi connectivity index (χ4v) is 4.20. The molecule has 1 N–H and O–H groups in total. The van der Waals surface area contributed by atoms with E-state index in [1.54, 1.807) is 37.4 Å². The van der Waals surface area contributed by atoms with E-state index in [2.05, 4.69) is 4.72 Å². The highest BCUT2D eigenvalue weighted by molar-refractivity contribution is 7.89. The molecule has 2 aromatic carbocycles. The third kappa shape index (κ3) is 7.83. The molecule has 33 heavy (non-hydrogen) atoms. The summed E-state index contributed by atoms with van der Waals surface area (Å²) in [5, 5.41) is 0. The van der Waals surface area contributed by atoms with Crippen LogP contribution in [0.1, 0.15) is 25.7 Å². The van der Waals surface area contributed by atoms with Crippen LogP contribution in [0.4, 0.5) is 0 Å². The number of ether oxygens (including phenoxy) is 5. The smallest absolute Gasteiger partial charge is 0.305 e. The van der Waals surface area contributed by atoms with E-state index in [-0.39, 0.29) is 37.0 Å². The average molecular weight is 480 g/mol. The number of sulfonamides is 1. The van der Waals surface area contributed by atoms with Crippen molar-refractivity contribution in [3.8, 4) is 23.0 Å². The first-order valence-electron chi connectivity index (χ1n) is 10.8. The molecule has 0 radical (unpaired) electrons. The lowest BCUT2D eigenvalue weighted by Crippen LogP contribution is -2.25.